The van der Waals surface area contributed by atoms with E-state index in [0.717, 1.165) is 77.5 Å². The number of hydrogen-bond donors (Lipinski definition) is 0. The Hall–Kier alpha value is -5.30. The van der Waals surface area contributed by atoms with Crippen molar-refractivity contribution in [3.63, 3.8) is 0 Å². The predicted molar refractivity (Wildman–Crippen MR) is 197 cm³/mol. The van der Waals surface area contributed by atoms with Gasteiger partial charge < -0.3 is 23.0 Å². The van der Waals surface area contributed by atoms with Crippen LogP contribution in [0.15, 0.2) is 142 Å². The van der Waals surface area contributed by atoms with E-state index in [2.05, 4.69) is 130 Å². The van der Waals surface area contributed by atoms with Crippen LogP contribution in [-0.2, 0) is 9.31 Å². The first-order valence-corrected chi connectivity index (χ1v) is 16.4. The Kier molecular flexibility index (Phi) is 6.39. The van der Waals surface area contributed by atoms with Gasteiger partial charge in [-0.15, -0.1) is 0 Å². The summed E-state index contributed by atoms with van der Waals surface area (Å²) in [7, 11) is -0.457. The first-order chi connectivity index (χ1) is 23.3. The largest absolute Gasteiger partial charge is 0.494 e. The Labute approximate surface area is 279 Å². The second-order valence-corrected chi connectivity index (χ2v) is 13.6. The third-order valence-electron chi connectivity index (χ3n) is 10.1. The molecule has 1 aliphatic rings. The zero-order valence-electron chi connectivity index (χ0n) is 27.4. The second-order valence-electron chi connectivity index (χ2n) is 13.6. The van der Waals surface area contributed by atoms with Gasteiger partial charge in [0.15, 0.2) is 0 Å². The first kappa shape index (κ1) is 28.9. The Morgan fingerprint density at radius 2 is 1.06 bits per heavy atom. The number of nitrogens with zero attached hydrogens (tertiary/aromatic N) is 1. The van der Waals surface area contributed by atoms with Crippen LogP contribution in [0.1, 0.15) is 27.7 Å². The fourth-order valence-electron chi connectivity index (χ4n) is 6.84. The quantitative estimate of drug-likeness (QED) is 0.178. The molecule has 0 unspecified atom stereocenters. The zero-order chi connectivity index (χ0) is 32.6. The van der Waals surface area contributed by atoms with Crippen LogP contribution in [0.5, 0.6) is 0 Å². The van der Waals surface area contributed by atoms with Gasteiger partial charge in [0.05, 0.1) is 11.2 Å². The molecule has 0 atom stereocenters. The van der Waals surface area contributed by atoms with Crippen LogP contribution in [0.4, 0.5) is 17.1 Å². The molecule has 5 nitrogen and oxygen atoms in total. The van der Waals surface area contributed by atoms with Gasteiger partial charge in [0, 0.05) is 44.2 Å². The molecule has 0 amide bonds. The Balaban J connectivity index is 1.25. The molecule has 0 N–H and O–H groups in total. The highest BCUT2D eigenvalue weighted by Gasteiger charge is 2.51. The molecule has 6 aromatic carbocycles. The van der Waals surface area contributed by atoms with E-state index < -0.39 is 18.3 Å². The minimum atomic E-state index is -0.457. The van der Waals surface area contributed by atoms with Gasteiger partial charge in [-0.3, -0.25) is 0 Å². The zero-order valence-corrected chi connectivity index (χ0v) is 27.4. The Bertz CT molecular complexity index is 2420. The number of rotatable bonds is 5. The van der Waals surface area contributed by atoms with Gasteiger partial charge in [0.25, 0.3) is 0 Å². The molecule has 0 radical (unpaired) electrons. The molecule has 0 saturated carbocycles. The van der Waals surface area contributed by atoms with Crippen LogP contribution < -0.4 is 10.4 Å². The van der Waals surface area contributed by atoms with Crippen molar-refractivity contribution in [2.45, 2.75) is 38.9 Å². The lowest BCUT2D eigenvalue weighted by molar-refractivity contribution is 0.00578. The number of anilines is 3. The number of para-hydroxylation sites is 3. The minimum Gasteiger partial charge on any atom is -0.456 e. The molecule has 8 aromatic rings. The molecule has 9 rings (SSSR count). The molecule has 1 fully saturated rings. The summed E-state index contributed by atoms with van der Waals surface area (Å²) >= 11 is 0. The van der Waals surface area contributed by atoms with E-state index in [0.29, 0.717) is 0 Å². The molecule has 0 bridgehead atoms. The molecule has 1 saturated heterocycles. The first-order valence-electron chi connectivity index (χ1n) is 16.4. The van der Waals surface area contributed by atoms with E-state index in [4.69, 9.17) is 18.1 Å². The highest BCUT2D eigenvalue weighted by Crippen LogP contribution is 2.44. The smallest absolute Gasteiger partial charge is 0.456 e. The molecule has 0 spiro atoms. The van der Waals surface area contributed by atoms with Crippen molar-refractivity contribution in [1.29, 1.82) is 0 Å². The standard InChI is InChI=1S/C42H34BNO4/c1-41(2)42(3,4)48-43(47-41)28-20-22-39-35(24-28)34-23-27(19-21-38(34)45-39)33-25-31(26-36-32-17-11-12-18-37(32)46-40(33)36)44(29-13-7-5-8-14-29)30-15-9-6-10-16-30/h5-26H,1-4H3. The fourth-order valence-corrected chi connectivity index (χ4v) is 6.84. The molecule has 234 valence electrons. The summed E-state index contributed by atoms with van der Waals surface area (Å²) in [5, 5.41) is 4.19. The second kappa shape index (κ2) is 10.6. The van der Waals surface area contributed by atoms with Crippen molar-refractivity contribution >= 4 is 73.5 Å². The van der Waals surface area contributed by atoms with Gasteiger partial charge in [-0.05, 0) is 99.4 Å². The van der Waals surface area contributed by atoms with Gasteiger partial charge in [0.1, 0.15) is 22.3 Å². The highest BCUT2D eigenvalue weighted by molar-refractivity contribution is 6.62. The fraction of sp³-hybridized carbons (Fsp3) is 0.143. The summed E-state index contributed by atoms with van der Waals surface area (Å²) in [6, 6.07) is 46.3. The van der Waals surface area contributed by atoms with E-state index in [1.54, 1.807) is 0 Å². The van der Waals surface area contributed by atoms with Gasteiger partial charge in [-0.25, -0.2) is 0 Å². The molecule has 3 heterocycles. The van der Waals surface area contributed by atoms with Crippen LogP contribution in [0.2, 0.25) is 0 Å². The van der Waals surface area contributed by atoms with Crippen LogP contribution in [0, 0.1) is 0 Å². The lowest BCUT2D eigenvalue weighted by Crippen LogP contribution is -2.41. The monoisotopic (exact) mass is 627 g/mol. The lowest BCUT2D eigenvalue weighted by atomic mass is 9.78. The summed E-state index contributed by atoms with van der Waals surface area (Å²) < 4.78 is 25.8. The molecular formula is C42H34BNO4. The van der Waals surface area contributed by atoms with E-state index in [1.165, 1.54) is 0 Å². The third kappa shape index (κ3) is 4.55. The maximum absolute atomic E-state index is 6.62. The summed E-state index contributed by atoms with van der Waals surface area (Å²) in [6.45, 7) is 8.31. The topological polar surface area (TPSA) is 48.0 Å². The summed E-state index contributed by atoms with van der Waals surface area (Å²) in [5.74, 6) is 0. The predicted octanol–water partition coefficient (Wildman–Crippen LogP) is 10.9. The summed E-state index contributed by atoms with van der Waals surface area (Å²) in [6.07, 6.45) is 0. The molecule has 0 aliphatic carbocycles. The van der Waals surface area contributed by atoms with Crippen molar-refractivity contribution in [3.8, 4) is 11.1 Å². The maximum atomic E-state index is 6.62. The number of benzene rings is 6. The van der Waals surface area contributed by atoms with E-state index in [1.807, 2.05) is 36.4 Å². The average molecular weight is 628 g/mol. The number of fused-ring (bicyclic) bond motifs is 6. The van der Waals surface area contributed by atoms with Gasteiger partial charge in [0.2, 0.25) is 0 Å². The molecule has 2 aromatic heterocycles. The van der Waals surface area contributed by atoms with Crippen LogP contribution in [0.25, 0.3) is 55.0 Å². The van der Waals surface area contributed by atoms with Gasteiger partial charge in [-0.2, -0.15) is 0 Å². The van der Waals surface area contributed by atoms with Crippen molar-refractivity contribution in [2.75, 3.05) is 4.90 Å². The number of furan rings is 2. The highest BCUT2D eigenvalue weighted by atomic mass is 16.7. The SMILES string of the molecule is CC1(C)OB(c2ccc3oc4ccc(-c5cc(N(c6ccccc6)c6ccccc6)cc6c5oc5ccccc56)cc4c3c2)OC1(C)C. The van der Waals surface area contributed by atoms with Crippen LogP contribution in [-0.4, -0.2) is 18.3 Å². The van der Waals surface area contributed by atoms with Crippen molar-refractivity contribution in [1.82, 2.24) is 0 Å². The minimum absolute atomic E-state index is 0.422. The van der Waals surface area contributed by atoms with Crippen LogP contribution >= 0.6 is 0 Å². The molecule has 6 heteroatoms. The van der Waals surface area contributed by atoms with Crippen molar-refractivity contribution < 1.29 is 18.1 Å². The van der Waals surface area contributed by atoms with Gasteiger partial charge >= 0.3 is 7.12 Å². The molecular weight excluding hydrogens is 593 g/mol. The van der Waals surface area contributed by atoms with E-state index in [9.17, 15) is 0 Å². The lowest BCUT2D eigenvalue weighted by Gasteiger charge is -2.32. The summed E-state index contributed by atoms with van der Waals surface area (Å²) in [4.78, 5) is 2.30. The Morgan fingerprint density at radius 1 is 0.479 bits per heavy atom. The maximum Gasteiger partial charge on any atom is 0.494 e. The molecule has 48 heavy (non-hydrogen) atoms. The average Bonchev–Trinajstić information content (AvgIpc) is 3.73. The van der Waals surface area contributed by atoms with E-state index >= 15 is 0 Å². The normalized spacial score (nSPS) is 15.6. The summed E-state index contributed by atoms with van der Waals surface area (Å²) in [5.41, 5.74) is 8.73. The molecule has 1 aliphatic heterocycles. The van der Waals surface area contributed by atoms with Crippen molar-refractivity contribution in [2.24, 2.45) is 0 Å². The third-order valence-corrected chi connectivity index (χ3v) is 10.1. The van der Waals surface area contributed by atoms with E-state index in [-0.39, 0.29) is 0 Å². The number of hydrogen-bond acceptors (Lipinski definition) is 5. The van der Waals surface area contributed by atoms with Crippen molar-refractivity contribution in [3.05, 3.63) is 133 Å². The van der Waals surface area contributed by atoms with Gasteiger partial charge in [-0.1, -0.05) is 72.8 Å². The van der Waals surface area contributed by atoms with Crippen LogP contribution in [0.3, 0.4) is 0 Å². The Morgan fingerprint density at radius 3 is 1.75 bits per heavy atom.